The second-order valence-electron chi connectivity index (χ2n) is 3.01. The van der Waals surface area contributed by atoms with E-state index in [0.29, 0.717) is 5.13 Å². The molecule has 0 radical (unpaired) electrons. The first kappa shape index (κ1) is 10.6. The van der Waals surface area contributed by atoms with E-state index in [1.807, 2.05) is 6.92 Å². The van der Waals surface area contributed by atoms with Gasteiger partial charge in [0.25, 0.3) is 5.91 Å². The summed E-state index contributed by atoms with van der Waals surface area (Å²) in [4.78, 5) is 11.6. The third-order valence-corrected chi connectivity index (χ3v) is 2.82. The van der Waals surface area contributed by atoms with Crippen molar-refractivity contribution in [2.75, 3.05) is 11.1 Å². The van der Waals surface area contributed by atoms with Crippen LogP contribution >= 0.6 is 11.3 Å². The van der Waals surface area contributed by atoms with Gasteiger partial charge in [-0.25, -0.2) is 0 Å². The van der Waals surface area contributed by atoms with Crippen molar-refractivity contribution in [2.24, 2.45) is 0 Å². The zero-order valence-corrected chi connectivity index (χ0v) is 9.37. The topological polar surface area (TPSA) is 94.0 Å². The quantitative estimate of drug-likeness (QED) is 0.845. The number of anilines is 2. The van der Waals surface area contributed by atoms with Gasteiger partial charge in [0.05, 0.1) is 0 Å². The highest BCUT2D eigenvalue weighted by molar-refractivity contribution is 7.15. The second kappa shape index (κ2) is 4.31. The number of amides is 1. The first-order valence-electron chi connectivity index (χ1n) is 4.68. The van der Waals surface area contributed by atoms with E-state index < -0.39 is 0 Å². The van der Waals surface area contributed by atoms with Crippen LogP contribution in [0.4, 0.5) is 11.0 Å². The molecule has 0 atom stereocenters. The molecule has 84 valence electrons. The summed E-state index contributed by atoms with van der Waals surface area (Å²) >= 11 is 1.34. The van der Waals surface area contributed by atoms with Gasteiger partial charge in [-0.15, -0.1) is 10.2 Å². The van der Waals surface area contributed by atoms with Crippen molar-refractivity contribution in [3.8, 4) is 0 Å². The predicted molar refractivity (Wildman–Crippen MR) is 60.4 cm³/mol. The number of nitrogen functional groups attached to an aromatic ring is 1. The van der Waals surface area contributed by atoms with E-state index in [9.17, 15) is 4.79 Å². The largest absolute Gasteiger partial charge is 0.436 e. The molecule has 0 aliphatic heterocycles. The van der Waals surface area contributed by atoms with E-state index in [2.05, 4.69) is 15.5 Å². The monoisotopic (exact) mass is 238 g/mol. The van der Waals surface area contributed by atoms with Crippen LogP contribution in [0.15, 0.2) is 16.5 Å². The maximum Gasteiger partial charge on any atom is 0.293 e. The molecule has 2 aromatic rings. The Morgan fingerprint density at radius 1 is 1.56 bits per heavy atom. The molecule has 7 heteroatoms. The number of hydrogen-bond donors (Lipinski definition) is 2. The maximum atomic E-state index is 11.6. The number of hydrogen-bond acceptors (Lipinski definition) is 6. The summed E-state index contributed by atoms with van der Waals surface area (Å²) in [5.41, 5.74) is 5.36. The molecule has 0 unspecified atom stereocenters. The summed E-state index contributed by atoms with van der Waals surface area (Å²) in [5.74, 6) is -0.0158. The van der Waals surface area contributed by atoms with Crippen LogP contribution in [-0.2, 0) is 6.42 Å². The number of carbonyl (C=O) groups is 1. The first-order valence-corrected chi connectivity index (χ1v) is 5.49. The van der Waals surface area contributed by atoms with Gasteiger partial charge in [-0.1, -0.05) is 18.3 Å². The van der Waals surface area contributed by atoms with Gasteiger partial charge in [0.1, 0.15) is 5.01 Å². The van der Waals surface area contributed by atoms with Gasteiger partial charge in [-0.2, -0.15) is 0 Å². The summed E-state index contributed by atoms with van der Waals surface area (Å²) in [7, 11) is 0. The van der Waals surface area contributed by atoms with Gasteiger partial charge in [0, 0.05) is 6.07 Å². The lowest BCUT2D eigenvalue weighted by molar-refractivity contribution is 0.0997. The molecule has 0 aliphatic carbocycles. The first-order chi connectivity index (χ1) is 7.69. The van der Waals surface area contributed by atoms with Crippen LogP contribution in [0.2, 0.25) is 0 Å². The molecule has 3 N–H and O–H groups in total. The van der Waals surface area contributed by atoms with Gasteiger partial charge in [-0.3, -0.25) is 10.1 Å². The number of nitrogens with zero attached hydrogens (tertiary/aromatic N) is 2. The fourth-order valence-corrected chi connectivity index (χ4v) is 1.76. The zero-order valence-electron chi connectivity index (χ0n) is 8.56. The number of nitrogens with one attached hydrogen (secondary N) is 1. The van der Waals surface area contributed by atoms with Crippen LogP contribution in [0.25, 0.3) is 0 Å². The van der Waals surface area contributed by atoms with Crippen molar-refractivity contribution in [3.05, 3.63) is 22.9 Å². The van der Waals surface area contributed by atoms with E-state index in [0.717, 1.165) is 11.4 Å². The van der Waals surface area contributed by atoms with Crippen molar-refractivity contribution in [3.63, 3.8) is 0 Å². The average Bonchev–Trinajstić information content (AvgIpc) is 2.87. The molecule has 6 nitrogen and oxygen atoms in total. The normalized spacial score (nSPS) is 10.3. The van der Waals surface area contributed by atoms with Crippen molar-refractivity contribution >= 4 is 28.3 Å². The summed E-state index contributed by atoms with van der Waals surface area (Å²) in [5, 5.41) is 11.6. The molecule has 0 bridgehead atoms. The predicted octanol–water partition coefficient (Wildman–Crippen LogP) is 1.53. The summed E-state index contributed by atoms with van der Waals surface area (Å²) < 4.78 is 4.97. The Morgan fingerprint density at radius 3 is 2.94 bits per heavy atom. The lowest BCUT2D eigenvalue weighted by atomic mass is 10.4. The van der Waals surface area contributed by atoms with Crippen molar-refractivity contribution in [2.45, 2.75) is 13.3 Å². The van der Waals surface area contributed by atoms with Crippen LogP contribution in [0.1, 0.15) is 22.5 Å². The van der Waals surface area contributed by atoms with E-state index in [-0.39, 0.29) is 17.6 Å². The highest BCUT2D eigenvalue weighted by Crippen LogP contribution is 2.17. The standard InChI is InChI=1S/C9H10N4O2S/c1-2-7-12-13-9(16-7)11-8(14)5-3-4-6(10)15-5/h3-4H,2,10H2,1H3,(H,11,13,14). The molecule has 2 aromatic heterocycles. The number of nitrogens with two attached hydrogens (primary N) is 1. The molecule has 16 heavy (non-hydrogen) atoms. The lowest BCUT2D eigenvalue weighted by Crippen LogP contribution is -2.10. The summed E-state index contributed by atoms with van der Waals surface area (Å²) in [6.45, 7) is 1.97. The molecule has 1 amide bonds. The maximum absolute atomic E-state index is 11.6. The van der Waals surface area contributed by atoms with Crippen LogP contribution in [-0.4, -0.2) is 16.1 Å². The zero-order chi connectivity index (χ0) is 11.5. The Bertz CT molecular complexity index is 505. The SMILES string of the molecule is CCc1nnc(NC(=O)c2ccc(N)o2)s1. The van der Waals surface area contributed by atoms with E-state index in [4.69, 9.17) is 10.2 Å². The fraction of sp³-hybridized carbons (Fsp3) is 0.222. The van der Waals surface area contributed by atoms with E-state index in [1.54, 1.807) is 0 Å². The van der Waals surface area contributed by atoms with Gasteiger partial charge in [-0.05, 0) is 12.5 Å². The van der Waals surface area contributed by atoms with E-state index in [1.165, 1.54) is 23.5 Å². The average molecular weight is 238 g/mol. The Labute approximate surface area is 95.5 Å². The molecule has 0 aromatic carbocycles. The summed E-state index contributed by atoms with van der Waals surface area (Å²) in [6.07, 6.45) is 0.793. The minimum absolute atomic E-state index is 0.158. The van der Waals surface area contributed by atoms with Gasteiger partial charge >= 0.3 is 0 Å². The summed E-state index contributed by atoms with van der Waals surface area (Å²) in [6, 6.07) is 3.03. The molecule has 2 heterocycles. The molecule has 0 spiro atoms. The number of rotatable bonds is 3. The Hall–Kier alpha value is -1.89. The number of furan rings is 1. The van der Waals surface area contributed by atoms with Crippen molar-refractivity contribution in [1.29, 1.82) is 0 Å². The third-order valence-electron chi connectivity index (χ3n) is 1.84. The van der Waals surface area contributed by atoms with Crippen molar-refractivity contribution < 1.29 is 9.21 Å². The molecule has 0 aliphatic rings. The Morgan fingerprint density at radius 2 is 2.38 bits per heavy atom. The smallest absolute Gasteiger partial charge is 0.293 e. The van der Waals surface area contributed by atoms with Gasteiger partial charge < -0.3 is 10.2 Å². The Kier molecular flexibility index (Phi) is 2.86. The van der Waals surface area contributed by atoms with Gasteiger partial charge in [0.2, 0.25) is 5.13 Å². The second-order valence-corrected chi connectivity index (χ2v) is 4.07. The molecule has 0 saturated heterocycles. The highest BCUT2D eigenvalue weighted by atomic mass is 32.1. The van der Waals surface area contributed by atoms with Gasteiger partial charge in [0.15, 0.2) is 11.6 Å². The third kappa shape index (κ3) is 2.19. The van der Waals surface area contributed by atoms with Crippen LogP contribution in [0.5, 0.6) is 0 Å². The minimum atomic E-state index is -0.379. The minimum Gasteiger partial charge on any atom is -0.436 e. The lowest BCUT2D eigenvalue weighted by Gasteiger charge is -1.95. The molecule has 0 saturated carbocycles. The van der Waals surface area contributed by atoms with Crippen LogP contribution in [0.3, 0.4) is 0 Å². The fourth-order valence-electron chi connectivity index (χ4n) is 1.08. The molecular weight excluding hydrogens is 228 g/mol. The number of aryl methyl sites for hydroxylation is 1. The molecule has 2 rings (SSSR count). The highest BCUT2D eigenvalue weighted by Gasteiger charge is 2.12. The Balaban J connectivity index is 2.07. The molecule has 0 fully saturated rings. The van der Waals surface area contributed by atoms with Crippen LogP contribution < -0.4 is 11.1 Å². The number of carbonyl (C=O) groups excluding carboxylic acids is 1. The molecular formula is C9H10N4O2S. The van der Waals surface area contributed by atoms with Crippen LogP contribution in [0, 0.1) is 0 Å². The van der Waals surface area contributed by atoms with Crippen molar-refractivity contribution in [1.82, 2.24) is 10.2 Å². The number of aromatic nitrogens is 2. The van der Waals surface area contributed by atoms with E-state index >= 15 is 0 Å².